The molecule has 1 aromatic carbocycles. The summed E-state index contributed by atoms with van der Waals surface area (Å²) in [6, 6.07) is 10.9. The first-order valence-corrected chi connectivity index (χ1v) is 9.06. The summed E-state index contributed by atoms with van der Waals surface area (Å²) in [4.78, 5) is 18.5. The molecule has 0 saturated carbocycles. The smallest absolute Gasteiger partial charge is 0.222 e. The summed E-state index contributed by atoms with van der Waals surface area (Å²) in [6.07, 6.45) is 4.59. The summed E-state index contributed by atoms with van der Waals surface area (Å²) in [5, 5.41) is 4.92. The zero-order valence-electron chi connectivity index (χ0n) is 14.7. The standard InChI is InChI=1S/C20H27N3O/c1-3-15-14-23(19(24)4-2)12-10-18(15)22-13-17-8-5-7-16-9-6-11-21-20(16)17/h5-9,11,15,18,22H,3-4,10,12-14H2,1-2H3/t15-,18-/m0/s1. The van der Waals surface area contributed by atoms with Crippen molar-refractivity contribution in [2.45, 2.75) is 45.7 Å². The van der Waals surface area contributed by atoms with Crippen molar-refractivity contribution < 1.29 is 4.79 Å². The van der Waals surface area contributed by atoms with Gasteiger partial charge in [0, 0.05) is 43.7 Å². The molecule has 1 aliphatic rings. The third-order valence-corrected chi connectivity index (χ3v) is 5.18. The van der Waals surface area contributed by atoms with Crippen LogP contribution in [0, 0.1) is 5.92 Å². The molecule has 128 valence electrons. The highest BCUT2D eigenvalue weighted by atomic mass is 16.2. The molecule has 24 heavy (non-hydrogen) atoms. The Balaban J connectivity index is 1.66. The van der Waals surface area contributed by atoms with Crippen molar-refractivity contribution in [1.29, 1.82) is 0 Å². The molecule has 0 aliphatic carbocycles. The highest BCUT2D eigenvalue weighted by molar-refractivity contribution is 5.81. The number of nitrogens with zero attached hydrogens (tertiary/aromatic N) is 2. The Labute approximate surface area is 144 Å². The molecular weight excluding hydrogens is 298 g/mol. The number of carbonyl (C=O) groups is 1. The number of aromatic nitrogens is 1. The second-order valence-electron chi connectivity index (χ2n) is 6.63. The quantitative estimate of drug-likeness (QED) is 0.917. The molecule has 1 fully saturated rings. The summed E-state index contributed by atoms with van der Waals surface area (Å²) in [5.74, 6) is 0.808. The van der Waals surface area contributed by atoms with Crippen molar-refractivity contribution in [3.8, 4) is 0 Å². The number of pyridine rings is 1. The lowest BCUT2D eigenvalue weighted by Crippen LogP contribution is -2.50. The molecule has 2 heterocycles. The molecule has 2 aromatic rings. The number of amides is 1. The Morgan fingerprint density at radius 1 is 1.29 bits per heavy atom. The van der Waals surface area contributed by atoms with E-state index in [4.69, 9.17) is 0 Å². The Morgan fingerprint density at radius 3 is 2.92 bits per heavy atom. The van der Waals surface area contributed by atoms with Crippen LogP contribution < -0.4 is 5.32 Å². The molecule has 1 amide bonds. The normalized spacial score (nSPS) is 21.2. The molecule has 0 unspecified atom stereocenters. The Hall–Kier alpha value is -1.94. The summed E-state index contributed by atoms with van der Waals surface area (Å²) in [5.41, 5.74) is 2.33. The molecule has 4 nitrogen and oxygen atoms in total. The van der Waals surface area contributed by atoms with Crippen LogP contribution in [0.2, 0.25) is 0 Å². The van der Waals surface area contributed by atoms with E-state index in [1.54, 1.807) is 0 Å². The number of carbonyl (C=O) groups excluding carboxylic acids is 1. The van der Waals surface area contributed by atoms with Gasteiger partial charge in [-0.05, 0) is 24.0 Å². The zero-order chi connectivity index (χ0) is 16.9. The van der Waals surface area contributed by atoms with E-state index in [1.807, 2.05) is 24.1 Å². The molecule has 0 bridgehead atoms. The van der Waals surface area contributed by atoms with Crippen LogP contribution in [0.25, 0.3) is 10.9 Å². The Morgan fingerprint density at radius 2 is 2.12 bits per heavy atom. The van der Waals surface area contributed by atoms with Crippen LogP contribution in [0.15, 0.2) is 36.5 Å². The van der Waals surface area contributed by atoms with Gasteiger partial charge in [-0.15, -0.1) is 0 Å². The third-order valence-electron chi connectivity index (χ3n) is 5.18. The number of rotatable bonds is 5. The molecule has 0 radical (unpaired) electrons. The van der Waals surface area contributed by atoms with E-state index in [0.717, 1.165) is 38.0 Å². The minimum Gasteiger partial charge on any atom is -0.342 e. The first kappa shape index (κ1) is 16.9. The number of hydrogen-bond donors (Lipinski definition) is 1. The minimum absolute atomic E-state index is 0.283. The molecule has 1 aliphatic heterocycles. The summed E-state index contributed by atoms with van der Waals surface area (Å²) in [6.45, 7) is 6.75. The Bertz CT molecular complexity index is 695. The van der Waals surface area contributed by atoms with Crippen molar-refractivity contribution in [3.05, 3.63) is 42.1 Å². The molecule has 3 rings (SSSR count). The van der Waals surface area contributed by atoms with Crippen molar-refractivity contribution in [2.24, 2.45) is 5.92 Å². The van der Waals surface area contributed by atoms with Gasteiger partial charge in [-0.2, -0.15) is 0 Å². The Kier molecular flexibility index (Phi) is 5.46. The maximum Gasteiger partial charge on any atom is 0.222 e. The maximum absolute atomic E-state index is 12.0. The van der Waals surface area contributed by atoms with Crippen LogP contribution in [-0.2, 0) is 11.3 Å². The average Bonchev–Trinajstić information content (AvgIpc) is 2.65. The van der Waals surface area contributed by atoms with E-state index < -0.39 is 0 Å². The van der Waals surface area contributed by atoms with Crippen LogP contribution in [0.3, 0.4) is 0 Å². The van der Waals surface area contributed by atoms with Crippen LogP contribution in [-0.4, -0.2) is 34.9 Å². The molecule has 1 aromatic heterocycles. The van der Waals surface area contributed by atoms with Gasteiger partial charge >= 0.3 is 0 Å². The average molecular weight is 325 g/mol. The maximum atomic E-state index is 12.0. The molecule has 1 saturated heterocycles. The topological polar surface area (TPSA) is 45.2 Å². The number of hydrogen-bond acceptors (Lipinski definition) is 3. The first-order valence-electron chi connectivity index (χ1n) is 9.06. The molecule has 2 atom stereocenters. The highest BCUT2D eigenvalue weighted by Crippen LogP contribution is 2.22. The predicted octanol–water partition coefficient (Wildman–Crippen LogP) is 3.36. The number of fused-ring (bicyclic) bond motifs is 1. The molecule has 0 spiro atoms. The fraction of sp³-hybridized carbons (Fsp3) is 0.500. The van der Waals surface area contributed by atoms with Gasteiger partial charge in [-0.3, -0.25) is 9.78 Å². The van der Waals surface area contributed by atoms with Gasteiger partial charge in [0.1, 0.15) is 0 Å². The number of piperidine rings is 1. The summed E-state index contributed by atoms with van der Waals surface area (Å²) < 4.78 is 0. The largest absolute Gasteiger partial charge is 0.342 e. The van der Waals surface area contributed by atoms with E-state index in [0.29, 0.717) is 18.4 Å². The van der Waals surface area contributed by atoms with Crippen LogP contribution in [0.5, 0.6) is 0 Å². The van der Waals surface area contributed by atoms with Crippen molar-refractivity contribution in [1.82, 2.24) is 15.2 Å². The number of likely N-dealkylation sites (tertiary alicyclic amines) is 1. The van der Waals surface area contributed by atoms with Gasteiger partial charge in [0.25, 0.3) is 0 Å². The lowest BCUT2D eigenvalue weighted by molar-refractivity contribution is -0.133. The lowest BCUT2D eigenvalue weighted by atomic mass is 9.89. The van der Waals surface area contributed by atoms with Crippen molar-refractivity contribution in [3.63, 3.8) is 0 Å². The fourth-order valence-electron chi connectivity index (χ4n) is 3.72. The molecule has 1 N–H and O–H groups in total. The van der Waals surface area contributed by atoms with Gasteiger partial charge in [0.05, 0.1) is 5.52 Å². The number of nitrogens with one attached hydrogen (secondary N) is 1. The van der Waals surface area contributed by atoms with Crippen molar-refractivity contribution in [2.75, 3.05) is 13.1 Å². The van der Waals surface area contributed by atoms with E-state index in [1.165, 1.54) is 10.9 Å². The van der Waals surface area contributed by atoms with Gasteiger partial charge < -0.3 is 10.2 Å². The highest BCUT2D eigenvalue weighted by Gasteiger charge is 2.29. The van der Waals surface area contributed by atoms with Gasteiger partial charge in [-0.25, -0.2) is 0 Å². The van der Waals surface area contributed by atoms with Crippen molar-refractivity contribution >= 4 is 16.8 Å². The fourth-order valence-corrected chi connectivity index (χ4v) is 3.72. The summed E-state index contributed by atoms with van der Waals surface area (Å²) >= 11 is 0. The predicted molar refractivity (Wildman–Crippen MR) is 97.6 cm³/mol. The zero-order valence-corrected chi connectivity index (χ0v) is 14.7. The second-order valence-corrected chi connectivity index (χ2v) is 6.63. The van der Waals surface area contributed by atoms with E-state index in [-0.39, 0.29) is 5.91 Å². The van der Waals surface area contributed by atoms with E-state index >= 15 is 0 Å². The van der Waals surface area contributed by atoms with E-state index in [2.05, 4.69) is 41.5 Å². The van der Waals surface area contributed by atoms with Crippen LogP contribution >= 0.6 is 0 Å². The van der Waals surface area contributed by atoms with Gasteiger partial charge in [-0.1, -0.05) is 44.5 Å². The lowest BCUT2D eigenvalue weighted by Gasteiger charge is -2.39. The molecule has 4 heteroatoms. The monoisotopic (exact) mass is 325 g/mol. The van der Waals surface area contributed by atoms with Gasteiger partial charge in [0.15, 0.2) is 0 Å². The molecular formula is C20H27N3O. The number of benzene rings is 1. The summed E-state index contributed by atoms with van der Waals surface area (Å²) in [7, 11) is 0. The van der Waals surface area contributed by atoms with Gasteiger partial charge in [0.2, 0.25) is 5.91 Å². The van der Waals surface area contributed by atoms with E-state index in [9.17, 15) is 4.79 Å². The first-order chi connectivity index (χ1) is 11.7. The minimum atomic E-state index is 0.283. The van der Waals surface area contributed by atoms with Crippen LogP contribution in [0.1, 0.15) is 38.7 Å². The second kappa shape index (κ2) is 7.75. The third kappa shape index (κ3) is 3.59. The number of para-hydroxylation sites is 1. The van der Waals surface area contributed by atoms with Crippen LogP contribution in [0.4, 0.5) is 0 Å². The SMILES string of the molecule is CCC(=O)N1CC[C@H](NCc2cccc3cccnc23)[C@@H](CC)C1.